The molecule has 0 heterocycles. The third kappa shape index (κ3) is 7.80. The number of hydrogen-bond donors (Lipinski definition) is 0. The molecule has 0 atom stereocenters. The van der Waals surface area contributed by atoms with E-state index in [2.05, 4.69) is 65.6 Å². The molecule has 4 heteroatoms. The first kappa shape index (κ1) is 19.6. The van der Waals surface area contributed by atoms with Crippen molar-refractivity contribution in [3.8, 4) is 0 Å². The second-order valence-corrected chi connectivity index (χ2v) is 6.01. The lowest BCUT2D eigenvalue weighted by Gasteiger charge is -2.23. The minimum atomic E-state index is -0.287. The summed E-state index contributed by atoms with van der Waals surface area (Å²) in [5, 5.41) is 0. The van der Waals surface area contributed by atoms with Crippen LogP contribution in [-0.4, -0.2) is 45.2 Å². The van der Waals surface area contributed by atoms with Gasteiger partial charge in [-0.3, -0.25) is 4.90 Å². The first-order valence-electron chi connectivity index (χ1n) is 8.75. The number of nitrogens with zero attached hydrogens (tertiary/aromatic N) is 1. The van der Waals surface area contributed by atoms with E-state index >= 15 is 0 Å². The van der Waals surface area contributed by atoms with E-state index in [0.717, 1.165) is 26.1 Å². The Morgan fingerprint density at radius 2 is 1.32 bits per heavy atom. The van der Waals surface area contributed by atoms with E-state index in [1.807, 2.05) is 0 Å². The number of rotatable bonds is 12. The van der Waals surface area contributed by atoms with Crippen LogP contribution in [-0.2, 0) is 27.3 Å². The summed E-state index contributed by atoms with van der Waals surface area (Å²) in [6, 6.07) is 21.2. The van der Waals surface area contributed by atoms with E-state index in [1.165, 1.54) is 11.1 Å². The van der Waals surface area contributed by atoms with Gasteiger partial charge >= 0.3 is 0 Å². The summed E-state index contributed by atoms with van der Waals surface area (Å²) >= 11 is 0. The molecule has 0 bridgehead atoms. The van der Waals surface area contributed by atoms with Crippen molar-refractivity contribution < 1.29 is 14.2 Å². The molecule has 0 spiro atoms. The van der Waals surface area contributed by atoms with Crippen LogP contribution in [0.2, 0.25) is 0 Å². The third-order valence-electron chi connectivity index (χ3n) is 4.04. The predicted octanol–water partition coefficient (Wildman–Crippen LogP) is 3.71. The molecule has 2 aromatic carbocycles. The lowest BCUT2D eigenvalue weighted by atomic mass is 10.1. The maximum Gasteiger partial charge on any atom is 0.180 e. The van der Waals surface area contributed by atoms with Crippen molar-refractivity contribution in [2.45, 2.75) is 25.8 Å². The number of hydrogen-bond acceptors (Lipinski definition) is 4. The molecule has 0 aromatic heterocycles. The van der Waals surface area contributed by atoms with E-state index in [-0.39, 0.29) is 6.29 Å². The van der Waals surface area contributed by atoms with Gasteiger partial charge in [0.2, 0.25) is 0 Å². The van der Waals surface area contributed by atoms with Crippen LogP contribution < -0.4 is 0 Å². The van der Waals surface area contributed by atoms with Crippen molar-refractivity contribution in [2.75, 3.05) is 34.0 Å². The molecule has 0 N–H and O–H groups in total. The molecule has 0 radical (unpaired) electrons. The van der Waals surface area contributed by atoms with E-state index < -0.39 is 0 Å². The molecule has 0 aliphatic heterocycles. The molecule has 2 rings (SSSR count). The maximum atomic E-state index is 5.65. The quantitative estimate of drug-likeness (QED) is 0.434. The first-order valence-corrected chi connectivity index (χ1v) is 8.75. The largest absolute Gasteiger partial charge is 0.376 e. The summed E-state index contributed by atoms with van der Waals surface area (Å²) in [6.45, 7) is 4.02. The second-order valence-electron chi connectivity index (χ2n) is 6.01. The summed E-state index contributed by atoms with van der Waals surface area (Å²) in [5.41, 5.74) is 2.66. The van der Waals surface area contributed by atoms with Crippen LogP contribution in [0.3, 0.4) is 0 Å². The van der Waals surface area contributed by atoms with Crippen molar-refractivity contribution in [3.05, 3.63) is 71.8 Å². The van der Waals surface area contributed by atoms with Gasteiger partial charge in [-0.15, -0.1) is 0 Å². The van der Waals surface area contributed by atoms with Crippen molar-refractivity contribution in [3.63, 3.8) is 0 Å². The average Bonchev–Trinajstić information content (AvgIpc) is 2.66. The van der Waals surface area contributed by atoms with Gasteiger partial charge in [-0.1, -0.05) is 60.7 Å². The minimum absolute atomic E-state index is 0.287. The second kappa shape index (κ2) is 11.8. The van der Waals surface area contributed by atoms with Gasteiger partial charge in [0.05, 0.1) is 6.61 Å². The van der Waals surface area contributed by atoms with Crippen LogP contribution in [0, 0.1) is 0 Å². The zero-order valence-corrected chi connectivity index (χ0v) is 15.3. The van der Waals surface area contributed by atoms with Crippen LogP contribution >= 0.6 is 0 Å². The van der Waals surface area contributed by atoms with E-state index in [0.29, 0.717) is 13.2 Å². The Morgan fingerprint density at radius 3 is 1.80 bits per heavy atom. The van der Waals surface area contributed by atoms with E-state index in [9.17, 15) is 0 Å². The standard InChI is InChI=1S/C21H29NO3/c1-23-21(24-2)18-25-15-9-14-22(16-19-10-5-3-6-11-19)17-20-12-7-4-8-13-20/h3-8,10-13,21H,9,14-18H2,1-2H3. The molecule has 0 unspecified atom stereocenters. The van der Waals surface area contributed by atoms with Crippen LogP contribution in [0.5, 0.6) is 0 Å². The lowest BCUT2D eigenvalue weighted by molar-refractivity contribution is -0.140. The fourth-order valence-electron chi connectivity index (χ4n) is 2.70. The van der Waals surface area contributed by atoms with Gasteiger partial charge in [0.1, 0.15) is 0 Å². The molecule has 0 aliphatic rings. The summed E-state index contributed by atoms with van der Waals surface area (Å²) in [6.07, 6.45) is 0.685. The zero-order valence-electron chi connectivity index (χ0n) is 15.3. The van der Waals surface area contributed by atoms with E-state index in [1.54, 1.807) is 14.2 Å². The van der Waals surface area contributed by atoms with Crippen molar-refractivity contribution in [1.82, 2.24) is 4.90 Å². The number of benzene rings is 2. The fraction of sp³-hybridized carbons (Fsp3) is 0.429. The van der Waals surface area contributed by atoms with Crippen molar-refractivity contribution >= 4 is 0 Å². The fourth-order valence-corrected chi connectivity index (χ4v) is 2.70. The summed E-state index contributed by atoms with van der Waals surface area (Å²) in [4.78, 5) is 2.46. The maximum absolute atomic E-state index is 5.65. The topological polar surface area (TPSA) is 30.9 Å². The van der Waals surface area contributed by atoms with Crippen molar-refractivity contribution in [1.29, 1.82) is 0 Å². The Kier molecular flexibility index (Phi) is 9.23. The van der Waals surface area contributed by atoms with Gasteiger partial charge in [-0.25, -0.2) is 0 Å². The number of ether oxygens (including phenoxy) is 3. The Labute approximate surface area is 151 Å². The van der Waals surface area contributed by atoms with Gasteiger partial charge in [0.15, 0.2) is 6.29 Å². The number of methoxy groups -OCH3 is 2. The molecule has 2 aromatic rings. The zero-order chi connectivity index (χ0) is 17.7. The van der Waals surface area contributed by atoms with Gasteiger partial charge < -0.3 is 14.2 Å². The van der Waals surface area contributed by atoms with Crippen LogP contribution in [0.25, 0.3) is 0 Å². The molecule has 0 aliphatic carbocycles. The summed E-state index contributed by atoms with van der Waals surface area (Å²) < 4.78 is 15.9. The molecule has 0 saturated heterocycles. The summed E-state index contributed by atoms with van der Waals surface area (Å²) in [7, 11) is 3.25. The highest BCUT2D eigenvalue weighted by Crippen LogP contribution is 2.10. The third-order valence-corrected chi connectivity index (χ3v) is 4.04. The van der Waals surface area contributed by atoms with Crippen LogP contribution in [0.15, 0.2) is 60.7 Å². The van der Waals surface area contributed by atoms with Gasteiger partial charge in [-0.2, -0.15) is 0 Å². The highest BCUT2D eigenvalue weighted by atomic mass is 16.7. The Hall–Kier alpha value is -1.72. The Morgan fingerprint density at radius 1 is 0.800 bits per heavy atom. The molecule has 136 valence electrons. The van der Waals surface area contributed by atoms with Crippen LogP contribution in [0.1, 0.15) is 17.5 Å². The monoisotopic (exact) mass is 343 g/mol. The highest BCUT2D eigenvalue weighted by molar-refractivity contribution is 5.17. The lowest BCUT2D eigenvalue weighted by Crippen LogP contribution is -2.26. The molecule has 0 fully saturated rings. The molecule has 25 heavy (non-hydrogen) atoms. The summed E-state index contributed by atoms with van der Waals surface area (Å²) in [5.74, 6) is 0. The smallest absolute Gasteiger partial charge is 0.180 e. The van der Waals surface area contributed by atoms with Crippen LogP contribution in [0.4, 0.5) is 0 Å². The predicted molar refractivity (Wildman–Crippen MR) is 100 cm³/mol. The molecule has 0 saturated carbocycles. The first-order chi connectivity index (χ1) is 12.3. The molecule has 4 nitrogen and oxygen atoms in total. The normalized spacial score (nSPS) is 11.4. The average molecular weight is 343 g/mol. The minimum Gasteiger partial charge on any atom is -0.376 e. The van der Waals surface area contributed by atoms with Gasteiger partial charge in [0.25, 0.3) is 0 Å². The SMILES string of the molecule is COC(COCCCN(Cc1ccccc1)Cc1ccccc1)OC. The highest BCUT2D eigenvalue weighted by Gasteiger charge is 2.08. The molecule has 0 amide bonds. The van der Waals surface area contributed by atoms with E-state index in [4.69, 9.17) is 14.2 Å². The van der Waals surface area contributed by atoms with Gasteiger partial charge in [0, 0.05) is 40.5 Å². The van der Waals surface area contributed by atoms with Crippen molar-refractivity contribution in [2.24, 2.45) is 0 Å². The Balaban J connectivity index is 1.82. The van der Waals surface area contributed by atoms with Gasteiger partial charge in [-0.05, 0) is 17.5 Å². The molecular formula is C21H29NO3. The molecular weight excluding hydrogens is 314 g/mol. The Bertz CT molecular complexity index is 516.